The van der Waals surface area contributed by atoms with Gasteiger partial charge in [0.25, 0.3) is 0 Å². The van der Waals surface area contributed by atoms with Gasteiger partial charge in [0.15, 0.2) is 0 Å². The van der Waals surface area contributed by atoms with Crippen molar-refractivity contribution in [1.29, 1.82) is 0 Å². The largest absolute Gasteiger partial charge is 0.544 e. The molecule has 9 heteroatoms. The fraction of sp³-hybridized carbons (Fsp3) is 0.158. The third-order valence-electron chi connectivity index (χ3n) is 3.74. The minimum Gasteiger partial charge on any atom is -0.544 e. The van der Waals surface area contributed by atoms with Crippen LogP contribution in [0.2, 0.25) is 0 Å². The lowest BCUT2D eigenvalue weighted by molar-refractivity contribution is -0.298. The van der Waals surface area contributed by atoms with Gasteiger partial charge in [-0.1, -0.05) is 19.1 Å². The van der Waals surface area contributed by atoms with E-state index in [1.165, 1.54) is 13.2 Å². The van der Waals surface area contributed by atoms with Gasteiger partial charge in [0.05, 0.1) is 18.6 Å². The molecule has 0 aliphatic carbocycles. The van der Waals surface area contributed by atoms with E-state index in [0.29, 0.717) is 29.3 Å². The second-order valence-electron chi connectivity index (χ2n) is 5.59. The third kappa shape index (κ3) is 4.49. The number of nitrogens with zero attached hydrogens (tertiary/aromatic N) is 2. The number of aromatic nitrogens is 3. The van der Waals surface area contributed by atoms with E-state index >= 15 is 0 Å². The zero-order chi connectivity index (χ0) is 20.1. The molecule has 0 radical (unpaired) electrons. The van der Waals surface area contributed by atoms with E-state index in [4.69, 9.17) is 4.42 Å². The second-order valence-corrected chi connectivity index (χ2v) is 6.60. The van der Waals surface area contributed by atoms with Crippen LogP contribution in [0, 0.1) is 0 Å². The number of nitrogens with one attached hydrogen (secondary N) is 1. The van der Waals surface area contributed by atoms with Crippen LogP contribution in [0.4, 0.5) is 0 Å². The summed E-state index contributed by atoms with van der Waals surface area (Å²) in [6.07, 6.45) is 2.02. The molecule has 1 N–H and O–H groups in total. The summed E-state index contributed by atoms with van der Waals surface area (Å²) in [5.74, 6) is -0.255. The number of carbonyl (C=O) groups excluding carboxylic acids is 2. The quantitative estimate of drug-likeness (QED) is 0.365. The lowest BCUT2D eigenvalue weighted by atomic mass is 10.1. The van der Waals surface area contributed by atoms with Crippen molar-refractivity contribution in [3.8, 4) is 11.3 Å². The topological polar surface area (TPSA) is 121 Å². The molecule has 2 aromatic heterocycles. The van der Waals surface area contributed by atoms with E-state index in [1.807, 2.05) is 6.92 Å². The first-order valence-electron chi connectivity index (χ1n) is 8.31. The van der Waals surface area contributed by atoms with Gasteiger partial charge >= 0.3 is 5.97 Å². The standard InChI is InChI=1S/C19H17N3O5S/c1-3-16-20-19(22-21-16)28-15(17(23)24)10-13-8-9-14(27-13)11-4-6-12(7-5-11)18(25)26-2/h4-10H,3H2,1-2H3,(H,23,24)(H,20,21,22)/p-1/b15-10+. The summed E-state index contributed by atoms with van der Waals surface area (Å²) in [4.78, 5) is 27.0. The normalized spacial score (nSPS) is 11.4. The number of carboxylic acids is 1. The lowest BCUT2D eigenvalue weighted by Gasteiger charge is -2.04. The minimum atomic E-state index is -1.35. The van der Waals surface area contributed by atoms with Crippen molar-refractivity contribution in [2.45, 2.75) is 18.5 Å². The molecule has 0 aliphatic rings. The molecule has 0 aliphatic heterocycles. The Bertz CT molecular complexity index is 1020. The van der Waals surface area contributed by atoms with Gasteiger partial charge in [-0.2, -0.15) is 0 Å². The van der Waals surface area contributed by atoms with Crippen molar-refractivity contribution in [3.63, 3.8) is 0 Å². The highest BCUT2D eigenvalue weighted by Gasteiger charge is 2.11. The summed E-state index contributed by atoms with van der Waals surface area (Å²) >= 11 is 0.875. The maximum absolute atomic E-state index is 11.5. The Morgan fingerprint density at radius 1 is 1.25 bits per heavy atom. The maximum atomic E-state index is 11.5. The summed E-state index contributed by atoms with van der Waals surface area (Å²) in [6, 6.07) is 10.0. The molecule has 144 valence electrons. The Morgan fingerprint density at radius 3 is 2.61 bits per heavy atom. The van der Waals surface area contributed by atoms with Crippen LogP contribution in [0.25, 0.3) is 17.4 Å². The Hall–Kier alpha value is -3.33. The van der Waals surface area contributed by atoms with Gasteiger partial charge in [-0.3, -0.25) is 5.10 Å². The SMILES string of the molecule is CCc1nc(S/C(=C/c2ccc(-c3ccc(C(=O)OC)cc3)o2)C(=O)[O-])n[nH]1. The summed E-state index contributed by atoms with van der Waals surface area (Å²) < 4.78 is 10.4. The summed E-state index contributed by atoms with van der Waals surface area (Å²) in [5, 5.41) is 18.4. The first-order valence-corrected chi connectivity index (χ1v) is 9.12. The van der Waals surface area contributed by atoms with Crippen LogP contribution < -0.4 is 5.11 Å². The predicted molar refractivity (Wildman–Crippen MR) is 100 cm³/mol. The number of aryl methyl sites for hydroxylation is 1. The van der Waals surface area contributed by atoms with Gasteiger partial charge in [0.1, 0.15) is 17.3 Å². The van der Waals surface area contributed by atoms with E-state index in [-0.39, 0.29) is 10.1 Å². The number of carboxylic acid groups (broad SMARTS) is 1. The van der Waals surface area contributed by atoms with Gasteiger partial charge in [-0.15, -0.1) is 5.10 Å². The fourth-order valence-corrected chi connectivity index (χ4v) is 3.02. The molecule has 3 aromatic rings. The van der Waals surface area contributed by atoms with Crippen LogP contribution >= 0.6 is 11.8 Å². The molecule has 2 heterocycles. The number of hydrogen-bond donors (Lipinski definition) is 1. The average Bonchev–Trinajstić information content (AvgIpc) is 3.36. The van der Waals surface area contributed by atoms with Crippen molar-refractivity contribution in [2.24, 2.45) is 0 Å². The number of aliphatic carboxylic acids is 1. The van der Waals surface area contributed by atoms with Gasteiger partial charge in [0.2, 0.25) is 5.16 Å². The van der Waals surface area contributed by atoms with Gasteiger partial charge in [-0.05, 0) is 42.1 Å². The second kappa shape index (κ2) is 8.57. The Kier molecular flexibility index (Phi) is 5.95. The monoisotopic (exact) mass is 398 g/mol. The molecule has 0 bridgehead atoms. The highest BCUT2D eigenvalue weighted by atomic mass is 32.2. The van der Waals surface area contributed by atoms with Crippen molar-refractivity contribution >= 4 is 29.8 Å². The summed E-state index contributed by atoms with van der Waals surface area (Å²) in [5.41, 5.74) is 1.16. The van der Waals surface area contributed by atoms with Crippen molar-refractivity contribution < 1.29 is 23.8 Å². The first kappa shape index (κ1) is 19.4. The average molecular weight is 398 g/mol. The third-order valence-corrected chi connectivity index (χ3v) is 4.61. The van der Waals surface area contributed by atoms with Crippen LogP contribution in [-0.2, 0) is 16.0 Å². The van der Waals surface area contributed by atoms with E-state index in [1.54, 1.807) is 36.4 Å². The molecular formula is C19H16N3O5S-. The van der Waals surface area contributed by atoms with Crippen LogP contribution in [0.15, 0.2) is 50.9 Å². The smallest absolute Gasteiger partial charge is 0.337 e. The number of rotatable bonds is 7. The molecule has 0 atom stereocenters. The zero-order valence-electron chi connectivity index (χ0n) is 15.1. The summed E-state index contributed by atoms with van der Waals surface area (Å²) in [6.45, 7) is 1.91. The molecule has 0 amide bonds. The van der Waals surface area contributed by atoms with Crippen molar-refractivity contribution in [1.82, 2.24) is 15.2 Å². The minimum absolute atomic E-state index is 0.0800. The van der Waals surface area contributed by atoms with E-state index in [2.05, 4.69) is 19.9 Å². The Morgan fingerprint density at radius 2 is 2.00 bits per heavy atom. The van der Waals surface area contributed by atoms with Crippen molar-refractivity contribution in [2.75, 3.05) is 7.11 Å². The zero-order valence-corrected chi connectivity index (χ0v) is 15.9. The number of thioether (sulfide) groups is 1. The van der Waals surface area contributed by atoms with E-state index in [0.717, 1.165) is 17.3 Å². The number of H-pyrrole nitrogens is 1. The number of hydrogen-bond acceptors (Lipinski definition) is 8. The van der Waals surface area contributed by atoms with Gasteiger partial charge < -0.3 is 19.1 Å². The number of benzene rings is 1. The summed E-state index contributed by atoms with van der Waals surface area (Å²) in [7, 11) is 1.32. The molecule has 8 nitrogen and oxygen atoms in total. The number of aromatic amines is 1. The van der Waals surface area contributed by atoms with E-state index < -0.39 is 11.9 Å². The van der Waals surface area contributed by atoms with Crippen LogP contribution in [-0.4, -0.2) is 34.2 Å². The molecule has 0 spiro atoms. The van der Waals surface area contributed by atoms with Gasteiger partial charge in [0, 0.05) is 16.9 Å². The van der Waals surface area contributed by atoms with Crippen molar-refractivity contribution in [3.05, 3.63) is 58.5 Å². The molecule has 1 aromatic carbocycles. The number of esters is 1. The first-order chi connectivity index (χ1) is 13.5. The number of furan rings is 1. The highest BCUT2D eigenvalue weighted by molar-refractivity contribution is 8.04. The molecule has 0 saturated heterocycles. The van der Waals surface area contributed by atoms with Crippen LogP contribution in [0.5, 0.6) is 0 Å². The molecule has 0 saturated carbocycles. The number of ether oxygens (including phenoxy) is 1. The predicted octanol–water partition coefficient (Wildman–Crippen LogP) is 2.30. The molecular weight excluding hydrogens is 382 g/mol. The Balaban J connectivity index is 1.80. The fourth-order valence-electron chi connectivity index (χ4n) is 2.31. The van der Waals surface area contributed by atoms with Crippen LogP contribution in [0.3, 0.4) is 0 Å². The molecule has 0 unspecified atom stereocenters. The maximum Gasteiger partial charge on any atom is 0.337 e. The molecule has 0 fully saturated rings. The molecule has 3 rings (SSSR count). The van der Waals surface area contributed by atoms with Crippen LogP contribution in [0.1, 0.15) is 28.9 Å². The number of carbonyl (C=O) groups is 2. The Labute approximate surface area is 164 Å². The van der Waals surface area contributed by atoms with E-state index in [9.17, 15) is 14.7 Å². The highest BCUT2D eigenvalue weighted by Crippen LogP contribution is 2.28. The molecule has 28 heavy (non-hydrogen) atoms. The lowest BCUT2D eigenvalue weighted by Crippen LogP contribution is -2.23. The number of methoxy groups -OCH3 is 1. The van der Waals surface area contributed by atoms with Gasteiger partial charge in [-0.25, -0.2) is 9.78 Å².